The molecule has 0 bridgehead atoms. The molecule has 1 aromatic rings. The molecule has 0 atom stereocenters. The van der Waals surface area contributed by atoms with Gasteiger partial charge in [-0.05, 0) is 19.3 Å². The molecule has 1 fully saturated rings. The molecule has 3 heteroatoms. The number of rotatable bonds is 5. The first kappa shape index (κ1) is 10.4. The fourth-order valence-corrected chi connectivity index (χ4v) is 1.78. The smallest absolute Gasteiger partial charge is 0.146 e. The van der Waals surface area contributed by atoms with Gasteiger partial charge in [-0.2, -0.15) is 0 Å². The van der Waals surface area contributed by atoms with Gasteiger partial charge in [-0.15, -0.1) is 0 Å². The van der Waals surface area contributed by atoms with Crippen LogP contribution in [0, 0.1) is 5.41 Å². The minimum absolute atomic E-state index is 0.0248. The Balaban J connectivity index is 2.03. The zero-order valence-corrected chi connectivity index (χ0v) is 9.49. The van der Waals surface area contributed by atoms with Crippen LogP contribution < -0.4 is 0 Å². The van der Waals surface area contributed by atoms with Crippen LogP contribution in [-0.4, -0.2) is 15.3 Å². The van der Waals surface area contributed by atoms with Gasteiger partial charge in [0.1, 0.15) is 11.6 Å². The van der Waals surface area contributed by atoms with E-state index in [1.54, 1.807) is 6.20 Å². The van der Waals surface area contributed by atoms with E-state index in [0.29, 0.717) is 12.2 Å². The molecule has 0 saturated heterocycles. The summed E-state index contributed by atoms with van der Waals surface area (Å²) in [7, 11) is 0. The van der Waals surface area contributed by atoms with Crippen LogP contribution in [0.3, 0.4) is 0 Å². The molecule has 1 aliphatic rings. The number of carbonyl (C=O) groups is 1. The van der Waals surface area contributed by atoms with Crippen LogP contribution in [0.5, 0.6) is 0 Å². The molecule has 0 N–H and O–H groups in total. The Morgan fingerprint density at radius 1 is 1.60 bits per heavy atom. The molecule has 0 aliphatic heterocycles. The van der Waals surface area contributed by atoms with Crippen LogP contribution >= 0.6 is 0 Å². The highest BCUT2D eigenvalue weighted by molar-refractivity contribution is 5.88. The van der Waals surface area contributed by atoms with E-state index in [2.05, 4.69) is 23.4 Å². The van der Waals surface area contributed by atoms with Crippen LogP contribution in [0.1, 0.15) is 38.9 Å². The Morgan fingerprint density at radius 3 is 2.93 bits per heavy atom. The highest BCUT2D eigenvalue weighted by Crippen LogP contribution is 2.46. The van der Waals surface area contributed by atoms with Gasteiger partial charge >= 0.3 is 0 Å². The number of ketones is 1. The molecular weight excluding hydrogens is 188 g/mol. The third-order valence-corrected chi connectivity index (χ3v) is 3.26. The van der Waals surface area contributed by atoms with E-state index in [1.165, 1.54) is 0 Å². The van der Waals surface area contributed by atoms with Crippen molar-refractivity contribution in [1.29, 1.82) is 0 Å². The first-order valence-electron chi connectivity index (χ1n) is 5.69. The lowest BCUT2D eigenvalue weighted by Crippen LogP contribution is -2.17. The molecule has 0 spiro atoms. The number of imidazole rings is 1. The van der Waals surface area contributed by atoms with Crippen LogP contribution in [0.4, 0.5) is 0 Å². The number of hydrogen-bond donors (Lipinski definition) is 0. The quantitative estimate of drug-likeness (QED) is 0.740. The standard InChI is InChI=1S/C12H18N2O/c1-3-7-14-8-6-13-11(14)9-10(15)12(2)4-5-12/h6,8H,3-5,7,9H2,1-2H3. The van der Waals surface area contributed by atoms with Crippen LogP contribution in [-0.2, 0) is 17.8 Å². The van der Waals surface area contributed by atoms with Crippen molar-refractivity contribution in [3.63, 3.8) is 0 Å². The Bertz CT molecular complexity index is 363. The molecular formula is C12H18N2O. The Hall–Kier alpha value is -1.12. The van der Waals surface area contributed by atoms with E-state index in [9.17, 15) is 4.79 Å². The number of carbonyl (C=O) groups excluding carboxylic acids is 1. The molecule has 1 saturated carbocycles. The summed E-state index contributed by atoms with van der Waals surface area (Å²) in [5, 5.41) is 0. The molecule has 0 amide bonds. The molecule has 3 nitrogen and oxygen atoms in total. The molecule has 82 valence electrons. The molecule has 0 aromatic carbocycles. The normalized spacial score (nSPS) is 17.7. The summed E-state index contributed by atoms with van der Waals surface area (Å²) < 4.78 is 2.09. The van der Waals surface area contributed by atoms with E-state index in [-0.39, 0.29) is 5.41 Å². The van der Waals surface area contributed by atoms with Gasteiger partial charge in [0, 0.05) is 24.4 Å². The van der Waals surface area contributed by atoms with Gasteiger partial charge in [-0.25, -0.2) is 4.98 Å². The van der Waals surface area contributed by atoms with E-state index in [1.807, 2.05) is 6.20 Å². The minimum Gasteiger partial charge on any atom is -0.335 e. The summed E-state index contributed by atoms with van der Waals surface area (Å²) in [4.78, 5) is 16.2. The number of Topliss-reactive ketones (excluding diaryl/α,β-unsaturated/α-hetero) is 1. The molecule has 0 radical (unpaired) electrons. The second kappa shape index (κ2) is 3.80. The van der Waals surface area contributed by atoms with Gasteiger partial charge in [0.05, 0.1) is 6.42 Å². The molecule has 2 rings (SSSR count). The van der Waals surface area contributed by atoms with Crippen molar-refractivity contribution in [2.24, 2.45) is 5.41 Å². The Kier molecular flexibility index (Phi) is 2.63. The predicted molar refractivity (Wildman–Crippen MR) is 58.6 cm³/mol. The molecule has 0 unspecified atom stereocenters. The summed E-state index contributed by atoms with van der Waals surface area (Å²) in [6, 6.07) is 0. The van der Waals surface area contributed by atoms with Crippen molar-refractivity contribution >= 4 is 5.78 Å². The third kappa shape index (κ3) is 2.11. The van der Waals surface area contributed by atoms with E-state index < -0.39 is 0 Å². The number of hydrogen-bond acceptors (Lipinski definition) is 2. The average Bonchev–Trinajstić information content (AvgIpc) is 2.81. The maximum Gasteiger partial charge on any atom is 0.146 e. The minimum atomic E-state index is -0.0248. The second-order valence-electron chi connectivity index (χ2n) is 4.70. The Morgan fingerprint density at radius 2 is 2.33 bits per heavy atom. The van der Waals surface area contributed by atoms with Crippen LogP contribution in [0.2, 0.25) is 0 Å². The monoisotopic (exact) mass is 206 g/mol. The lowest BCUT2D eigenvalue weighted by molar-refractivity contribution is -0.123. The summed E-state index contributed by atoms with van der Waals surface area (Å²) in [5.41, 5.74) is -0.0248. The molecule has 1 aromatic heterocycles. The Labute approximate surface area is 90.5 Å². The highest BCUT2D eigenvalue weighted by atomic mass is 16.1. The predicted octanol–water partition coefficient (Wildman–Crippen LogP) is 2.20. The summed E-state index contributed by atoms with van der Waals surface area (Å²) >= 11 is 0. The fraction of sp³-hybridized carbons (Fsp3) is 0.667. The van der Waals surface area contributed by atoms with Crippen molar-refractivity contribution in [3.8, 4) is 0 Å². The third-order valence-electron chi connectivity index (χ3n) is 3.26. The zero-order chi connectivity index (χ0) is 10.9. The van der Waals surface area contributed by atoms with E-state index in [4.69, 9.17) is 0 Å². The number of aromatic nitrogens is 2. The largest absolute Gasteiger partial charge is 0.335 e. The van der Waals surface area contributed by atoms with Gasteiger partial charge in [0.25, 0.3) is 0 Å². The lowest BCUT2D eigenvalue weighted by Gasteiger charge is -2.08. The number of aryl methyl sites for hydroxylation is 1. The highest BCUT2D eigenvalue weighted by Gasteiger charge is 2.44. The van der Waals surface area contributed by atoms with E-state index >= 15 is 0 Å². The topological polar surface area (TPSA) is 34.9 Å². The number of nitrogens with zero attached hydrogens (tertiary/aromatic N) is 2. The van der Waals surface area contributed by atoms with Crippen molar-refractivity contribution in [2.45, 2.75) is 46.1 Å². The van der Waals surface area contributed by atoms with Crippen LogP contribution in [0.25, 0.3) is 0 Å². The van der Waals surface area contributed by atoms with Gasteiger partial charge in [-0.1, -0.05) is 13.8 Å². The first-order valence-corrected chi connectivity index (χ1v) is 5.69. The maximum atomic E-state index is 11.9. The second-order valence-corrected chi connectivity index (χ2v) is 4.70. The fourth-order valence-electron chi connectivity index (χ4n) is 1.78. The average molecular weight is 206 g/mol. The van der Waals surface area contributed by atoms with Crippen molar-refractivity contribution in [3.05, 3.63) is 18.2 Å². The van der Waals surface area contributed by atoms with Gasteiger partial charge in [0.15, 0.2) is 0 Å². The van der Waals surface area contributed by atoms with Crippen LogP contribution in [0.15, 0.2) is 12.4 Å². The maximum absolute atomic E-state index is 11.9. The van der Waals surface area contributed by atoms with Crippen molar-refractivity contribution in [2.75, 3.05) is 0 Å². The zero-order valence-electron chi connectivity index (χ0n) is 9.49. The molecule has 1 heterocycles. The lowest BCUT2D eigenvalue weighted by atomic mass is 10.0. The first-order chi connectivity index (χ1) is 7.15. The SMILES string of the molecule is CCCn1ccnc1CC(=O)C1(C)CC1. The van der Waals surface area contributed by atoms with Gasteiger partial charge in [0.2, 0.25) is 0 Å². The van der Waals surface area contributed by atoms with Gasteiger partial charge < -0.3 is 4.57 Å². The molecule has 1 aliphatic carbocycles. The van der Waals surface area contributed by atoms with E-state index in [0.717, 1.165) is 31.6 Å². The van der Waals surface area contributed by atoms with Crippen molar-refractivity contribution < 1.29 is 4.79 Å². The van der Waals surface area contributed by atoms with Crippen molar-refractivity contribution in [1.82, 2.24) is 9.55 Å². The summed E-state index contributed by atoms with van der Waals surface area (Å²) in [6.07, 6.45) is 7.44. The summed E-state index contributed by atoms with van der Waals surface area (Å²) in [5.74, 6) is 1.28. The summed E-state index contributed by atoms with van der Waals surface area (Å²) in [6.45, 7) is 5.15. The molecule has 15 heavy (non-hydrogen) atoms. The van der Waals surface area contributed by atoms with Gasteiger partial charge in [-0.3, -0.25) is 4.79 Å².